The quantitative estimate of drug-likeness (QED) is 0.884. The lowest BCUT2D eigenvalue weighted by atomic mass is 9.77. The van der Waals surface area contributed by atoms with Gasteiger partial charge in [0.05, 0.1) is 0 Å². The molecular formula is C17H27N3. The van der Waals surface area contributed by atoms with E-state index in [0.29, 0.717) is 0 Å². The minimum absolute atomic E-state index is 0.238. The number of benzene rings is 1. The van der Waals surface area contributed by atoms with Crippen LogP contribution in [0.5, 0.6) is 0 Å². The van der Waals surface area contributed by atoms with Crippen LogP contribution >= 0.6 is 0 Å². The van der Waals surface area contributed by atoms with E-state index < -0.39 is 0 Å². The van der Waals surface area contributed by atoms with E-state index in [0.717, 1.165) is 25.4 Å². The fraction of sp³-hybridized carbons (Fsp3) is 0.647. The van der Waals surface area contributed by atoms with Gasteiger partial charge in [-0.1, -0.05) is 30.3 Å². The fourth-order valence-electron chi connectivity index (χ4n) is 4.12. The zero-order valence-corrected chi connectivity index (χ0v) is 12.6. The average Bonchev–Trinajstić information content (AvgIpc) is 2.90. The lowest BCUT2D eigenvalue weighted by molar-refractivity contribution is 0.0275. The van der Waals surface area contributed by atoms with Crippen molar-refractivity contribution in [1.82, 2.24) is 9.80 Å². The van der Waals surface area contributed by atoms with Crippen molar-refractivity contribution >= 4 is 0 Å². The summed E-state index contributed by atoms with van der Waals surface area (Å²) in [5, 5.41) is 0. The van der Waals surface area contributed by atoms with Crippen LogP contribution in [0.2, 0.25) is 0 Å². The van der Waals surface area contributed by atoms with Gasteiger partial charge in [0.15, 0.2) is 0 Å². The summed E-state index contributed by atoms with van der Waals surface area (Å²) in [6.07, 6.45) is 3.68. The number of likely N-dealkylation sites (N-methyl/N-ethyl adjacent to an activating group) is 1. The molecule has 2 fully saturated rings. The first kappa shape index (κ1) is 14.1. The van der Waals surface area contributed by atoms with Crippen LogP contribution in [0.4, 0.5) is 0 Å². The van der Waals surface area contributed by atoms with Crippen molar-refractivity contribution in [3.63, 3.8) is 0 Å². The molecule has 0 radical (unpaired) electrons. The molecule has 2 aliphatic rings. The number of nitrogens with zero attached hydrogens (tertiary/aromatic N) is 2. The van der Waals surface area contributed by atoms with E-state index in [1.807, 2.05) is 0 Å². The van der Waals surface area contributed by atoms with E-state index in [1.165, 1.54) is 38.0 Å². The molecule has 2 bridgehead atoms. The molecule has 2 N–H and O–H groups in total. The molecule has 3 atom stereocenters. The summed E-state index contributed by atoms with van der Waals surface area (Å²) in [6.45, 7) is 5.67. The number of hydrogen-bond donors (Lipinski definition) is 1. The van der Waals surface area contributed by atoms with Gasteiger partial charge in [0.2, 0.25) is 0 Å². The molecule has 1 aromatic carbocycles. The molecule has 0 saturated carbocycles. The summed E-state index contributed by atoms with van der Waals surface area (Å²) >= 11 is 0. The second kappa shape index (κ2) is 5.84. The average molecular weight is 273 g/mol. The highest BCUT2D eigenvalue weighted by atomic mass is 15.3. The molecule has 2 saturated heterocycles. The predicted octanol–water partition coefficient (Wildman–Crippen LogP) is 1.58. The van der Waals surface area contributed by atoms with Crippen molar-refractivity contribution in [3.05, 3.63) is 35.9 Å². The van der Waals surface area contributed by atoms with Crippen molar-refractivity contribution in [2.45, 2.75) is 24.8 Å². The molecule has 2 aliphatic heterocycles. The van der Waals surface area contributed by atoms with Crippen LogP contribution in [0.1, 0.15) is 18.4 Å². The van der Waals surface area contributed by atoms with E-state index in [2.05, 4.69) is 47.2 Å². The van der Waals surface area contributed by atoms with Gasteiger partial charge < -0.3 is 10.6 Å². The van der Waals surface area contributed by atoms with Crippen molar-refractivity contribution in [3.8, 4) is 0 Å². The summed E-state index contributed by atoms with van der Waals surface area (Å²) in [7, 11) is 2.28. The predicted molar refractivity (Wildman–Crippen MR) is 83.7 cm³/mol. The van der Waals surface area contributed by atoms with E-state index in [1.54, 1.807) is 0 Å². The third kappa shape index (κ3) is 2.50. The summed E-state index contributed by atoms with van der Waals surface area (Å²) in [4.78, 5) is 5.16. The van der Waals surface area contributed by atoms with Gasteiger partial charge in [-0.05, 0) is 50.9 Å². The normalized spacial score (nSPS) is 32.8. The molecule has 1 aromatic rings. The molecule has 110 valence electrons. The Hall–Kier alpha value is -0.900. The molecule has 3 unspecified atom stereocenters. The van der Waals surface area contributed by atoms with Gasteiger partial charge in [-0.3, -0.25) is 4.90 Å². The Labute approximate surface area is 122 Å². The van der Waals surface area contributed by atoms with Crippen LogP contribution in [0.3, 0.4) is 0 Å². The Morgan fingerprint density at radius 3 is 2.85 bits per heavy atom. The summed E-state index contributed by atoms with van der Waals surface area (Å²) in [6, 6.07) is 10.8. The highest BCUT2D eigenvalue weighted by Crippen LogP contribution is 2.38. The van der Waals surface area contributed by atoms with Gasteiger partial charge in [-0.2, -0.15) is 0 Å². The Morgan fingerprint density at radius 2 is 2.10 bits per heavy atom. The molecule has 20 heavy (non-hydrogen) atoms. The first-order chi connectivity index (χ1) is 9.74. The standard InChI is InChI=1S/C17H27N3/c1-19(10-7-15-5-3-2-4-6-15)17(14-18)9-12-20-11-8-16(17)13-20/h2-6,16H,7-14,18H2,1H3. The zero-order valence-electron chi connectivity index (χ0n) is 12.6. The highest BCUT2D eigenvalue weighted by molar-refractivity contribution is 5.15. The van der Waals surface area contributed by atoms with Crippen molar-refractivity contribution in [1.29, 1.82) is 0 Å². The minimum atomic E-state index is 0.238. The Kier molecular flexibility index (Phi) is 4.11. The third-order valence-electron chi connectivity index (χ3n) is 5.59. The van der Waals surface area contributed by atoms with Gasteiger partial charge in [0.25, 0.3) is 0 Å². The van der Waals surface area contributed by atoms with E-state index >= 15 is 0 Å². The molecule has 3 rings (SSSR count). The lowest BCUT2D eigenvalue weighted by Gasteiger charge is -2.48. The molecule has 0 spiro atoms. The number of piperidine rings is 1. The van der Waals surface area contributed by atoms with Crippen LogP contribution in [-0.4, -0.2) is 55.1 Å². The van der Waals surface area contributed by atoms with Crippen molar-refractivity contribution in [2.24, 2.45) is 11.7 Å². The van der Waals surface area contributed by atoms with Crippen LogP contribution in [0.25, 0.3) is 0 Å². The molecule has 0 aromatic heterocycles. The molecular weight excluding hydrogens is 246 g/mol. The van der Waals surface area contributed by atoms with Crippen molar-refractivity contribution in [2.75, 3.05) is 39.8 Å². The lowest BCUT2D eigenvalue weighted by Crippen LogP contribution is -2.61. The van der Waals surface area contributed by atoms with Gasteiger partial charge in [-0.25, -0.2) is 0 Å². The summed E-state index contributed by atoms with van der Waals surface area (Å²) < 4.78 is 0. The largest absolute Gasteiger partial charge is 0.329 e. The van der Waals surface area contributed by atoms with Gasteiger partial charge in [-0.15, -0.1) is 0 Å². The second-order valence-electron chi connectivity index (χ2n) is 6.50. The topological polar surface area (TPSA) is 32.5 Å². The monoisotopic (exact) mass is 273 g/mol. The fourth-order valence-corrected chi connectivity index (χ4v) is 4.12. The third-order valence-corrected chi connectivity index (χ3v) is 5.59. The number of nitrogens with two attached hydrogens (primary N) is 1. The number of rotatable bonds is 5. The van der Waals surface area contributed by atoms with E-state index in [4.69, 9.17) is 5.73 Å². The minimum Gasteiger partial charge on any atom is -0.329 e. The van der Waals surface area contributed by atoms with Crippen LogP contribution < -0.4 is 5.73 Å². The number of hydrogen-bond acceptors (Lipinski definition) is 3. The Morgan fingerprint density at radius 1 is 1.30 bits per heavy atom. The van der Waals surface area contributed by atoms with E-state index in [-0.39, 0.29) is 5.54 Å². The van der Waals surface area contributed by atoms with Crippen LogP contribution in [0.15, 0.2) is 30.3 Å². The summed E-state index contributed by atoms with van der Waals surface area (Å²) in [5.41, 5.74) is 7.90. The van der Waals surface area contributed by atoms with Crippen LogP contribution in [-0.2, 0) is 6.42 Å². The number of fused-ring (bicyclic) bond motifs is 2. The Bertz CT molecular complexity index is 433. The van der Waals surface area contributed by atoms with Gasteiger partial charge in [0.1, 0.15) is 0 Å². The SMILES string of the molecule is CN(CCc1ccccc1)C1(CN)CCN2CCC1C2. The first-order valence-electron chi connectivity index (χ1n) is 7.92. The molecule has 0 amide bonds. The molecule has 0 aliphatic carbocycles. The van der Waals surface area contributed by atoms with Crippen LogP contribution in [0, 0.1) is 5.92 Å². The van der Waals surface area contributed by atoms with Gasteiger partial charge >= 0.3 is 0 Å². The van der Waals surface area contributed by atoms with Crippen molar-refractivity contribution < 1.29 is 0 Å². The first-order valence-corrected chi connectivity index (χ1v) is 7.92. The molecule has 2 heterocycles. The summed E-state index contributed by atoms with van der Waals surface area (Å²) in [5.74, 6) is 0.766. The van der Waals surface area contributed by atoms with E-state index in [9.17, 15) is 0 Å². The maximum Gasteiger partial charge on any atom is 0.0381 e. The second-order valence-corrected chi connectivity index (χ2v) is 6.50. The maximum absolute atomic E-state index is 6.23. The highest BCUT2D eigenvalue weighted by Gasteiger charge is 2.47. The molecule has 3 heteroatoms. The zero-order chi connectivity index (χ0) is 14.0. The smallest absolute Gasteiger partial charge is 0.0381 e. The maximum atomic E-state index is 6.23. The Balaban J connectivity index is 1.66. The van der Waals surface area contributed by atoms with Gasteiger partial charge in [0, 0.05) is 25.2 Å². The molecule has 3 nitrogen and oxygen atoms in total.